The van der Waals surface area contributed by atoms with Crippen LogP contribution in [0.15, 0.2) is 45.7 Å². The first-order valence-corrected chi connectivity index (χ1v) is 8.63. The van der Waals surface area contributed by atoms with Crippen molar-refractivity contribution < 1.29 is 17.2 Å². The van der Waals surface area contributed by atoms with Crippen molar-refractivity contribution in [3.63, 3.8) is 0 Å². The molecule has 0 spiro atoms. The van der Waals surface area contributed by atoms with E-state index in [2.05, 4.69) is 6.92 Å². The summed E-state index contributed by atoms with van der Waals surface area (Å²) in [5.74, 6) is 1.79. The zero-order valence-electron chi connectivity index (χ0n) is 12.5. The fraction of sp³-hybridized carbons (Fsp3) is 0.375. The molecule has 0 saturated heterocycles. The van der Waals surface area contributed by atoms with Gasteiger partial charge in [0.1, 0.15) is 22.2 Å². The fourth-order valence-corrected chi connectivity index (χ4v) is 3.72. The number of halogens is 1. The highest BCUT2D eigenvalue weighted by molar-refractivity contribution is 7.89. The summed E-state index contributed by atoms with van der Waals surface area (Å²) in [6, 6.07) is 9.05. The number of hydrogen-bond donors (Lipinski definition) is 0. The lowest BCUT2D eigenvalue weighted by atomic mass is 10.3. The van der Waals surface area contributed by atoms with Crippen LogP contribution in [-0.4, -0.2) is 19.8 Å². The lowest BCUT2D eigenvalue weighted by Crippen LogP contribution is -2.27. The molecule has 0 amide bonds. The first kappa shape index (κ1) is 15.2. The zero-order valence-corrected chi connectivity index (χ0v) is 13.3. The summed E-state index contributed by atoms with van der Waals surface area (Å²) >= 11 is 0. The Morgan fingerprint density at radius 3 is 2.59 bits per heavy atom. The van der Waals surface area contributed by atoms with Gasteiger partial charge in [0.2, 0.25) is 10.0 Å². The minimum absolute atomic E-state index is 0.0811. The lowest BCUT2D eigenvalue weighted by molar-refractivity contribution is 0.388. The van der Waals surface area contributed by atoms with E-state index in [9.17, 15) is 12.8 Å². The molecule has 6 heteroatoms. The Labute approximate surface area is 129 Å². The van der Waals surface area contributed by atoms with Gasteiger partial charge in [0.25, 0.3) is 0 Å². The van der Waals surface area contributed by atoms with Crippen LogP contribution in [0.3, 0.4) is 0 Å². The maximum absolute atomic E-state index is 13.7. The van der Waals surface area contributed by atoms with Crippen LogP contribution >= 0.6 is 0 Å². The number of benzene rings is 1. The van der Waals surface area contributed by atoms with Crippen LogP contribution in [0.5, 0.6) is 0 Å². The number of nitrogens with zero attached hydrogens (tertiary/aromatic N) is 1. The molecule has 1 heterocycles. The van der Waals surface area contributed by atoms with Gasteiger partial charge in [-0.3, -0.25) is 0 Å². The summed E-state index contributed by atoms with van der Waals surface area (Å²) in [6.07, 6.45) is 1.11. The Morgan fingerprint density at radius 2 is 1.95 bits per heavy atom. The average molecular weight is 323 g/mol. The number of sulfonamides is 1. The Hall–Kier alpha value is -1.66. The molecule has 1 fully saturated rings. The second-order valence-electron chi connectivity index (χ2n) is 5.82. The third kappa shape index (κ3) is 2.80. The molecule has 3 rings (SSSR count). The SMILES string of the molecule is C[C@H]1C[C@@H]1c1ccc(CN(C)S(=O)(=O)c2ccccc2F)o1. The molecule has 4 nitrogen and oxygen atoms in total. The predicted molar refractivity (Wildman–Crippen MR) is 80.3 cm³/mol. The van der Waals surface area contributed by atoms with Gasteiger partial charge >= 0.3 is 0 Å². The van der Waals surface area contributed by atoms with E-state index < -0.39 is 15.8 Å². The molecule has 2 atom stereocenters. The van der Waals surface area contributed by atoms with E-state index in [-0.39, 0.29) is 11.4 Å². The van der Waals surface area contributed by atoms with Gasteiger partial charge in [-0.2, -0.15) is 4.31 Å². The Balaban J connectivity index is 1.77. The van der Waals surface area contributed by atoms with Crippen molar-refractivity contribution >= 4 is 10.0 Å². The van der Waals surface area contributed by atoms with E-state index in [0.717, 1.165) is 22.6 Å². The zero-order chi connectivity index (χ0) is 15.9. The standard InChI is InChI=1S/C16H18FNO3S/c1-11-9-13(11)15-8-7-12(21-15)10-18(2)22(19,20)16-6-4-3-5-14(16)17/h3-8,11,13H,9-10H2,1-2H3/t11-,13-/m0/s1. The van der Waals surface area contributed by atoms with Crippen molar-refractivity contribution in [2.45, 2.75) is 30.7 Å². The molecule has 1 aromatic carbocycles. The molecule has 22 heavy (non-hydrogen) atoms. The Morgan fingerprint density at radius 1 is 1.27 bits per heavy atom. The van der Waals surface area contributed by atoms with Crippen molar-refractivity contribution in [2.75, 3.05) is 7.05 Å². The lowest BCUT2D eigenvalue weighted by Gasteiger charge is -2.16. The van der Waals surface area contributed by atoms with Crippen LogP contribution in [0.1, 0.15) is 30.8 Å². The maximum atomic E-state index is 13.7. The van der Waals surface area contributed by atoms with E-state index in [4.69, 9.17) is 4.42 Å². The van der Waals surface area contributed by atoms with Gasteiger partial charge in [-0.1, -0.05) is 19.1 Å². The molecule has 1 aliphatic carbocycles. The molecule has 1 aromatic heterocycles. The van der Waals surface area contributed by atoms with Gasteiger partial charge in [0.15, 0.2) is 0 Å². The molecule has 1 saturated carbocycles. The van der Waals surface area contributed by atoms with Gasteiger partial charge in [0.05, 0.1) is 6.54 Å². The van der Waals surface area contributed by atoms with Crippen LogP contribution in [0.2, 0.25) is 0 Å². The summed E-state index contributed by atoms with van der Waals surface area (Å²) in [4.78, 5) is -0.319. The highest BCUT2D eigenvalue weighted by Gasteiger charge is 2.36. The van der Waals surface area contributed by atoms with E-state index in [1.54, 1.807) is 6.07 Å². The molecule has 2 aromatic rings. The summed E-state index contributed by atoms with van der Waals surface area (Å²) in [5, 5.41) is 0. The van der Waals surface area contributed by atoms with Gasteiger partial charge in [-0.15, -0.1) is 0 Å². The quantitative estimate of drug-likeness (QED) is 0.848. The maximum Gasteiger partial charge on any atom is 0.246 e. The monoisotopic (exact) mass is 323 g/mol. The van der Waals surface area contributed by atoms with Crippen LogP contribution in [-0.2, 0) is 16.6 Å². The van der Waals surface area contributed by atoms with Gasteiger partial charge < -0.3 is 4.42 Å². The van der Waals surface area contributed by atoms with E-state index in [1.165, 1.54) is 25.2 Å². The summed E-state index contributed by atoms with van der Waals surface area (Å²) in [5.41, 5.74) is 0. The Bertz CT molecular complexity index is 784. The normalized spacial score (nSPS) is 21.3. The van der Waals surface area contributed by atoms with Gasteiger partial charge in [-0.25, -0.2) is 12.8 Å². The van der Waals surface area contributed by atoms with E-state index in [1.807, 2.05) is 6.07 Å². The first-order chi connectivity index (χ1) is 10.4. The smallest absolute Gasteiger partial charge is 0.246 e. The molecule has 1 aliphatic rings. The molecule has 0 radical (unpaired) electrons. The van der Waals surface area contributed by atoms with Crippen molar-refractivity contribution in [3.8, 4) is 0 Å². The molecule has 0 N–H and O–H groups in total. The Kier molecular flexibility index (Phi) is 3.82. The number of rotatable bonds is 5. The van der Waals surface area contributed by atoms with Crippen molar-refractivity contribution in [1.29, 1.82) is 0 Å². The summed E-state index contributed by atoms with van der Waals surface area (Å²) < 4.78 is 45.3. The van der Waals surface area contributed by atoms with E-state index >= 15 is 0 Å². The minimum Gasteiger partial charge on any atom is -0.464 e. The van der Waals surface area contributed by atoms with Crippen LogP contribution in [0, 0.1) is 11.7 Å². The van der Waals surface area contributed by atoms with Gasteiger partial charge in [0, 0.05) is 13.0 Å². The predicted octanol–water partition coefficient (Wildman–Crippen LogP) is 3.36. The summed E-state index contributed by atoms with van der Waals surface area (Å²) in [7, 11) is -2.46. The molecule has 0 unspecified atom stereocenters. The van der Waals surface area contributed by atoms with Crippen molar-refractivity contribution in [3.05, 3.63) is 53.7 Å². The molecule has 118 valence electrons. The third-order valence-corrected chi connectivity index (χ3v) is 5.90. The topological polar surface area (TPSA) is 50.5 Å². The summed E-state index contributed by atoms with van der Waals surface area (Å²) in [6.45, 7) is 2.24. The fourth-order valence-electron chi connectivity index (χ4n) is 2.52. The first-order valence-electron chi connectivity index (χ1n) is 7.19. The van der Waals surface area contributed by atoms with Crippen LogP contribution in [0.25, 0.3) is 0 Å². The number of hydrogen-bond acceptors (Lipinski definition) is 3. The van der Waals surface area contributed by atoms with Crippen LogP contribution < -0.4 is 0 Å². The largest absolute Gasteiger partial charge is 0.464 e. The molecule has 0 aliphatic heterocycles. The van der Waals surface area contributed by atoms with E-state index in [0.29, 0.717) is 17.6 Å². The van der Waals surface area contributed by atoms with Gasteiger partial charge in [-0.05, 0) is 36.6 Å². The van der Waals surface area contributed by atoms with Crippen molar-refractivity contribution in [2.24, 2.45) is 5.92 Å². The third-order valence-electron chi connectivity index (χ3n) is 4.06. The van der Waals surface area contributed by atoms with Crippen molar-refractivity contribution in [1.82, 2.24) is 4.31 Å². The minimum atomic E-state index is -3.88. The second-order valence-corrected chi connectivity index (χ2v) is 7.83. The highest BCUT2D eigenvalue weighted by atomic mass is 32.2. The number of furan rings is 1. The van der Waals surface area contributed by atoms with Crippen LogP contribution in [0.4, 0.5) is 4.39 Å². The molecule has 0 bridgehead atoms. The molecular weight excluding hydrogens is 305 g/mol. The molecular formula is C16H18FNO3S. The second kappa shape index (κ2) is 5.52. The highest BCUT2D eigenvalue weighted by Crippen LogP contribution is 2.47. The average Bonchev–Trinajstić information content (AvgIpc) is 3.02.